The summed E-state index contributed by atoms with van der Waals surface area (Å²) >= 11 is 1.52. The Balaban J connectivity index is 2.43. The van der Waals surface area contributed by atoms with Crippen LogP contribution in [0.15, 0.2) is 57.4 Å². The molecule has 0 radical (unpaired) electrons. The number of hydrogen-bond donors (Lipinski definition) is 2. The van der Waals surface area contributed by atoms with Crippen LogP contribution in [0, 0.1) is 6.92 Å². The lowest BCUT2D eigenvalue weighted by Gasteiger charge is -2.11. The van der Waals surface area contributed by atoms with E-state index in [1.54, 1.807) is 7.11 Å². The van der Waals surface area contributed by atoms with E-state index in [0.29, 0.717) is 5.56 Å². The van der Waals surface area contributed by atoms with Gasteiger partial charge < -0.3 is 15.7 Å². The highest BCUT2D eigenvalue weighted by molar-refractivity contribution is 7.99. The first-order valence-corrected chi connectivity index (χ1v) is 6.86. The van der Waals surface area contributed by atoms with Crippen molar-refractivity contribution in [3.05, 3.63) is 53.6 Å². The van der Waals surface area contributed by atoms with Crippen molar-refractivity contribution in [3.63, 3.8) is 0 Å². The Morgan fingerprint density at radius 1 is 1.20 bits per heavy atom. The number of nitrogens with two attached hydrogens (primary N) is 1. The van der Waals surface area contributed by atoms with Crippen molar-refractivity contribution in [1.29, 1.82) is 0 Å². The van der Waals surface area contributed by atoms with Crippen LogP contribution in [-0.4, -0.2) is 18.2 Å². The highest BCUT2D eigenvalue weighted by Gasteiger charge is 2.11. The van der Waals surface area contributed by atoms with Crippen LogP contribution in [0.3, 0.4) is 0 Å². The van der Waals surface area contributed by atoms with E-state index >= 15 is 0 Å². The van der Waals surface area contributed by atoms with Gasteiger partial charge >= 0.3 is 0 Å². The Labute approximate surface area is 122 Å². The molecule has 0 atom stereocenters. The first kappa shape index (κ1) is 14.3. The van der Waals surface area contributed by atoms with E-state index < -0.39 is 0 Å². The normalized spacial score (nSPS) is 11.4. The van der Waals surface area contributed by atoms with E-state index in [9.17, 15) is 0 Å². The van der Waals surface area contributed by atoms with Gasteiger partial charge in [-0.25, -0.2) is 0 Å². The van der Waals surface area contributed by atoms with E-state index in [1.807, 2.05) is 49.4 Å². The lowest BCUT2D eigenvalue weighted by atomic mass is 10.1. The van der Waals surface area contributed by atoms with Gasteiger partial charge in [-0.15, -0.1) is 0 Å². The third-order valence-corrected chi connectivity index (χ3v) is 3.94. The van der Waals surface area contributed by atoms with Gasteiger partial charge in [0.05, 0.1) is 12.0 Å². The zero-order valence-electron chi connectivity index (χ0n) is 11.3. The molecule has 0 spiro atoms. The molecule has 2 aromatic carbocycles. The van der Waals surface area contributed by atoms with Crippen molar-refractivity contribution in [2.75, 3.05) is 7.11 Å². The fraction of sp³-hybridized carbons (Fsp3) is 0.133. The van der Waals surface area contributed by atoms with E-state index in [-0.39, 0.29) is 5.84 Å². The van der Waals surface area contributed by atoms with Crippen LogP contribution in [-0.2, 0) is 0 Å². The van der Waals surface area contributed by atoms with Crippen molar-refractivity contribution in [3.8, 4) is 5.75 Å². The lowest BCUT2D eigenvalue weighted by molar-refractivity contribution is 0.318. The molecule has 4 nitrogen and oxygen atoms in total. The Morgan fingerprint density at radius 2 is 1.95 bits per heavy atom. The van der Waals surface area contributed by atoms with Crippen LogP contribution in [0.25, 0.3) is 0 Å². The summed E-state index contributed by atoms with van der Waals surface area (Å²) in [6.07, 6.45) is 0. The molecule has 0 aliphatic heterocycles. The van der Waals surface area contributed by atoms with Crippen LogP contribution in [0.1, 0.15) is 11.1 Å². The predicted molar refractivity (Wildman–Crippen MR) is 80.8 cm³/mol. The van der Waals surface area contributed by atoms with Gasteiger partial charge in [0.2, 0.25) is 0 Å². The van der Waals surface area contributed by atoms with Crippen LogP contribution in [0.5, 0.6) is 5.75 Å². The second kappa shape index (κ2) is 6.34. The maximum atomic E-state index is 8.90. The fourth-order valence-corrected chi connectivity index (χ4v) is 2.85. The molecular weight excluding hydrogens is 272 g/mol. The van der Waals surface area contributed by atoms with Gasteiger partial charge in [-0.3, -0.25) is 0 Å². The summed E-state index contributed by atoms with van der Waals surface area (Å²) in [4.78, 5) is 1.89. The minimum atomic E-state index is 0.103. The molecule has 104 valence electrons. The summed E-state index contributed by atoms with van der Waals surface area (Å²) in [5.41, 5.74) is 7.51. The molecule has 0 amide bonds. The van der Waals surface area contributed by atoms with E-state index in [4.69, 9.17) is 15.7 Å². The van der Waals surface area contributed by atoms with Gasteiger partial charge in [0, 0.05) is 10.5 Å². The number of ether oxygens (including phenoxy) is 1. The molecule has 0 aromatic heterocycles. The summed E-state index contributed by atoms with van der Waals surface area (Å²) in [6, 6.07) is 13.6. The first-order valence-electron chi connectivity index (χ1n) is 6.05. The van der Waals surface area contributed by atoms with Gasteiger partial charge in [0.25, 0.3) is 0 Å². The highest BCUT2D eigenvalue weighted by atomic mass is 32.2. The summed E-state index contributed by atoms with van der Waals surface area (Å²) in [5, 5.41) is 12.0. The molecule has 0 saturated carbocycles. The molecular formula is C15H16N2O2S. The number of aryl methyl sites for hydroxylation is 1. The van der Waals surface area contributed by atoms with Gasteiger partial charge in [0.1, 0.15) is 5.75 Å². The molecule has 0 aliphatic carbocycles. The molecule has 0 fully saturated rings. The zero-order valence-corrected chi connectivity index (χ0v) is 12.1. The number of oxime groups is 1. The van der Waals surface area contributed by atoms with Gasteiger partial charge in [-0.05, 0) is 31.2 Å². The van der Waals surface area contributed by atoms with E-state index in [2.05, 4.69) is 5.16 Å². The molecule has 0 aliphatic rings. The summed E-state index contributed by atoms with van der Waals surface area (Å²) < 4.78 is 5.34. The number of methoxy groups -OCH3 is 1. The Bertz CT molecular complexity index is 642. The third kappa shape index (κ3) is 3.05. The van der Waals surface area contributed by atoms with Crippen molar-refractivity contribution >= 4 is 17.6 Å². The first-order chi connectivity index (χ1) is 9.65. The van der Waals surface area contributed by atoms with Crippen molar-refractivity contribution in [2.24, 2.45) is 10.9 Å². The van der Waals surface area contributed by atoms with Crippen LogP contribution < -0.4 is 10.5 Å². The monoisotopic (exact) mass is 288 g/mol. The summed E-state index contributed by atoms with van der Waals surface area (Å²) in [7, 11) is 1.64. The van der Waals surface area contributed by atoms with Gasteiger partial charge in [-0.1, -0.05) is 40.7 Å². The third-order valence-electron chi connectivity index (χ3n) is 2.81. The molecule has 0 bridgehead atoms. The maximum Gasteiger partial charge on any atom is 0.171 e. The second-order valence-electron chi connectivity index (χ2n) is 4.24. The van der Waals surface area contributed by atoms with Crippen molar-refractivity contribution < 1.29 is 9.94 Å². The molecule has 0 saturated heterocycles. The van der Waals surface area contributed by atoms with Crippen LogP contribution >= 0.6 is 11.8 Å². The number of benzene rings is 2. The predicted octanol–water partition coefficient (Wildman–Crippen LogP) is 3.25. The minimum Gasteiger partial charge on any atom is -0.496 e. The fourth-order valence-electron chi connectivity index (χ4n) is 1.81. The Morgan fingerprint density at radius 3 is 2.65 bits per heavy atom. The van der Waals surface area contributed by atoms with Gasteiger partial charge in [-0.2, -0.15) is 0 Å². The largest absolute Gasteiger partial charge is 0.496 e. The summed E-state index contributed by atoms with van der Waals surface area (Å²) in [6.45, 7) is 1.96. The molecule has 0 heterocycles. The molecule has 2 rings (SSSR count). The Kier molecular flexibility index (Phi) is 4.53. The minimum absolute atomic E-state index is 0.103. The zero-order chi connectivity index (χ0) is 14.5. The van der Waals surface area contributed by atoms with E-state index in [1.165, 1.54) is 11.8 Å². The Hall–Kier alpha value is -2.14. The van der Waals surface area contributed by atoms with Crippen molar-refractivity contribution in [1.82, 2.24) is 0 Å². The van der Waals surface area contributed by atoms with Crippen molar-refractivity contribution in [2.45, 2.75) is 16.7 Å². The molecule has 20 heavy (non-hydrogen) atoms. The number of nitrogens with zero attached hydrogens (tertiary/aromatic N) is 1. The van der Waals surface area contributed by atoms with Crippen LogP contribution in [0.4, 0.5) is 0 Å². The SMILES string of the molecule is COc1ccccc1Sc1ccc(C)cc1/C(N)=N/O. The second-order valence-corrected chi connectivity index (χ2v) is 5.32. The number of rotatable bonds is 4. The standard InChI is InChI=1S/C15H16N2O2S/c1-10-7-8-13(11(9-10)15(16)17-18)20-14-6-4-3-5-12(14)19-2/h3-9,18H,1-2H3,(H2,16,17). The molecule has 5 heteroatoms. The number of amidine groups is 1. The number of para-hydroxylation sites is 1. The smallest absolute Gasteiger partial charge is 0.171 e. The molecule has 0 unspecified atom stereocenters. The quantitative estimate of drug-likeness (QED) is 0.392. The average molecular weight is 288 g/mol. The maximum absolute atomic E-state index is 8.90. The molecule has 3 N–H and O–H groups in total. The lowest BCUT2D eigenvalue weighted by Crippen LogP contribution is -2.14. The highest BCUT2D eigenvalue weighted by Crippen LogP contribution is 2.36. The summed E-state index contributed by atoms with van der Waals surface area (Å²) in [5.74, 6) is 0.898. The van der Waals surface area contributed by atoms with E-state index in [0.717, 1.165) is 21.1 Å². The molecule has 2 aromatic rings. The van der Waals surface area contributed by atoms with Gasteiger partial charge in [0.15, 0.2) is 5.84 Å². The average Bonchev–Trinajstić information content (AvgIpc) is 2.48. The topological polar surface area (TPSA) is 67.8 Å². The number of hydrogen-bond acceptors (Lipinski definition) is 4. The van der Waals surface area contributed by atoms with Crippen LogP contribution in [0.2, 0.25) is 0 Å².